The third kappa shape index (κ3) is 3.34. The number of hydrogen-bond acceptors (Lipinski definition) is 8. The van der Waals surface area contributed by atoms with Crippen molar-refractivity contribution in [3.63, 3.8) is 0 Å². The van der Waals surface area contributed by atoms with Crippen LogP contribution in [0.5, 0.6) is 0 Å². The third-order valence-corrected chi connectivity index (χ3v) is 9.45. The zero-order valence-corrected chi connectivity index (χ0v) is 19.8. The Morgan fingerprint density at radius 3 is 2.64 bits per heavy atom. The molecule has 3 fully saturated rings. The van der Waals surface area contributed by atoms with Crippen LogP contribution in [0.3, 0.4) is 0 Å². The number of aliphatic hydroxyl groups excluding tert-OH is 1. The van der Waals surface area contributed by atoms with E-state index in [0.29, 0.717) is 45.1 Å². The van der Waals surface area contributed by atoms with Gasteiger partial charge in [0.1, 0.15) is 23.3 Å². The summed E-state index contributed by atoms with van der Waals surface area (Å²) >= 11 is 5.91. The van der Waals surface area contributed by atoms with Crippen molar-refractivity contribution < 1.29 is 9.32 Å². The maximum atomic E-state index is 12.8. The molecule has 8 nitrogen and oxygen atoms in total. The largest absolute Gasteiger partial charge is 0.394 e. The van der Waals surface area contributed by atoms with E-state index in [1.807, 2.05) is 0 Å². The van der Waals surface area contributed by atoms with Gasteiger partial charge in [-0.25, -0.2) is 15.0 Å². The standard InChI is InChI=1S/C23H25ClN6O2S/c24-15-9-26-20(27-10-15)14-6-22(7-14)11-30(12-22)21-16(8-25)18(29-23(13-31)3-1-4-23)19-17(28-21)2-5-33(19)32/h9-10,14,31H,1-7,11-13H2,(H,28,29). The molecule has 1 saturated heterocycles. The van der Waals surface area contributed by atoms with E-state index < -0.39 is 16.3 Å². The molecule has 10 heteroatoms. The van der Waals surface area contributed by atoms with Gasteiger partial charge in [0.15, 0.2) is 0 Å². The molecule has 4 heterocycles. The van der Waals surface area contributed by atoms with Crippen LogP contribution in [0.2, 0.25) is 5.02 Å². The third-order valence-electron chi connectivity index (χ3n) is 7.79. The smallest absolute Gasteiger partial charge is 0.149 e. The quantitative estimate of drug-likeness (QED) is 0.665. The molecule has 0 aromatic carbocycles. The monoisotopic (exact) mass is 484 g/mol. The molecule has 2 saturated carbocycles. The van der Waals surface area contributed by atoms with Gasteiger partial charge in [-0.2, -0.15) is 5.26 Å². The summed E-state index contributed by atoms with van der Waals surface area (Å²) in [7, 11) is -1.17. The zero-order chi connectivity index (χ0) is 22.8. The van der Waals surface area contributed by atoms with E-state index in [0.717, 1.165) is 56.7 Å². The molecule has 172 valence electrons. The second-order valence-electron chi connectivity index (χ2n) is 10.0. The number of aromatic nitrogens is 3. The van der Waals surface area contributed by atoms with E-state index in [1.165, 1.54) is 0 Å². The molecule has 2 aromatic heterocycles. The lowest BCUT2D eigenvalue weighted by molar-refractivity contribution is 0.0589. The van der Waals surface area contributed by atoms with Crippen LogP contribution in [0.15, 0.2) is 17.3 Å². The summed E-state index contributed by atoms with van der Waals surface area (Å²) in [6, 6.07) is 2.35. The summed E-state index contributed by atoms with van der Waals surface area (Å²) in [5, 5.41) is 24.1. The highest BCUT2D eigenvalue weighted by atomic mass is 35.5. The van der Waals surface area contributed by atoms with Crippen LogP contribution >= 0.6 is 11.6 Å². The van der Waals surface area contributed by atoms with Crippen LogP contribution in [0.4, 0.5) is 11.5 Å². The van der Waals surface area contributed by atoms with Crippen molar-refractivity contribution in [1.82, 2.24) is 15.0 Å². The van der Waals surface area contributed by atoms with Crippen LogP contribution in [0.25, 0.3) is 0 Å². The molecule has 33 heavy (non-hydrogen) atoms. The van der Waals surface area contributed by atoms with Gasteiger partial charge in [-0.05, 0) is 32.1 Å². The van der Waals surface area contributed by atoms with E-state index in [4.69, 9.17) is 16.6 Å². The first-order valence-electron chi connectivity index (χ1n) is 11.4. The number of aliphatic hydroxyl groups is 1. The van der Waals surface area contributed by atoms with Gasteiger partial charge in [0.2, 0.25) is 0 Å². The van der Waals surface area contributed by atoms with Gasteiger partial charge in [0, 0.05) is 49.0 Å². The van der Waals surface area contributed by atoms with Crippen molar-refractivity contribution in [2.24, 2.45) is 5.41 Å². The summed E-state index contributed by atoms with van der Waals surface area (Å²) in [5.41, 5.74) is 1.68. The minimum atomic E-state index is -1.17. The maximum absolute atomic E-state index is 12.8. The van der Waals surface area contributed by atoms with Crippen molar-refractivity contribution >= 4 is 33.9 Å². The molecule has 2 N–H and O–H groups in total. The summed E-state index contributed by atoms with van der Waals surface area (Å²) in [6.07, 6.45) is 8.69. The van der Waals surface area contributed by atoms with Gasteiger partial charge in [0.25, 0.3) is 0 Å². The number of halogens is 1. The summed E-state index contributed by atoms with van der Waals surface area (Å²) in [4.78, 5) is 16.4. The van der Waals surface area contributed by atoms with Crippen molar-refractivity contribution in [3.8, 4) is 6.07 Å². The van der Waals surface area contributed by atoms with Crippen molar-refractivity contribution in [3.05, 3.63) is 34.5 Å². The lowest BCUT2D eigenvalue weighted by Crippen LogP contribution is -2.62. The summed E-state index contributed by atoms with van der Waals surface area (Å²) in [6.45, 7) is 1.67. The number of pyridine rings is 1. The first kappa shape index (κ1) is 21.3. The van der Waals surface area contributed by atoms with E-state index >= 15 is 0 Å². The number of nitrogens with zero attached hydrogens (tertiary/aromatic N) is 5. The highest BCUT2D eigenvalue weighted by Crippen LogP contribution is 2.56. The minimum absolute atomic E-state index is 0.00207. The molecule has 4 aliphatic rings. The molecule has 0 radical (unpaired) electrons. The average molecular weight is 485 g/mol. The molecule has 2 aromatic rings. The Morgan fingerprint density at radius 2 is 2.03 bits per heavy atom. The van der Waals surface area contributed by atoms with Gasteiger partial charge in [0.05, 0.1) is 44.2 Å². The molecular weight excluding hydrogens is 460 g/mol. The molecule has 1 atom stereocenters. The predicted molar refractivity (Wildman–Crippen MR) is 125 cm³/mol. The SMILES string of the molecule is N#Cc1c(N2CC3(CC(c4ncc(Cl)cn4)C3)C2)nc2c(c1NC1(CO)CCC1)S(=O)CC2. The van der Waals surface area contributed by atoms with Gasteiger partial charge in [-0.1, -0.05) is 11.6 Å². The van der Waals surface area contributed by atoms with E-state index in [2.05, 4.69) is 26.3 Å². The van der Waals surface area contributed by atoms with Crippen LogP contribution in [0, 0.1) is 16.7 Å². The molecule has 1 spiro atoms. The number of rotatable bonds is 5. The van der Waals surface area contributed by atoms with Crippen molar-refractivity contribution in [1.29, 1.82) is 5.26 Å². The van der Waals surface area contributed by atoms with Crippen molar-refractivity contribution in [2.45, 2.75) is 54.9 Å². The van der Waals surface area contributed by atoms with E-state index in [1.54, 1.807) is 12.4 Å². The number of nitriles is 1. The van der Waals surface area contributed by atoms with Gasteiger partial charge in [-0.15, -0.1) is 0 Å². The molecule has 2 aliphatic heterocycles. The summed E-state index contributed by atoms with van der Waals surface area (Å²) in [5.74, 6) is 2.41. The topological polar surface area (TPSA) is 115 Å². The fourth-order valence-electron chi connectivity index (χ4n) is 5.83. The summed E-state index contributed by atoms with van der Waals surface area (Å²) < 4.78 is 12.8. The normalized spacial score (nSPS) is 24.4. The zero-order valence-electron chi connectivity index (χ0n) is 18.2. The lowest BCUT2D eigenvalue weighted by atomic mass is 9.57. The van der Waals surface area contributed by atoms with Gasteiger partial charge >= 0.3 is 0 Å². The Labute approximate surface area is 199 Å². The predicted octanol–water partition coefficient (Wildman–Crippen LogP) is 2.77. The molecule has 2 aliphatic carbocycles. The highest BCUT2D eigenvalue weighted by molar-refractivity contribution is 7.85. The Hall–Kier alpha value is -2.28. The van der Waals surface area contributed by atoms with Crippen LogP contribution in [-0.4, -0.2) is 55.3 Å². The number of anilines is 2. The van der Waals surface area contributed by atoms with Crippen LogP contribution < -0.4 is 10.2 Å². The van der Waals surface area contributed by atoms with Crippen LogP contribution in [0.1, 0.15) is 55.1 Å². The number of hydrogen-bond donors (Lipinski definition) is 2. The lowest BCUT2D eigenvalue weighted by Gasteiger charge is -2.59. The Balaban J connectivity index is 1.26. The molecule has 0 amide bonds. The van der Waals surface area contributed by atoms with E-state index in [-0.39, 0.29) is 12.0 Å². The van der Waals surface area contributed by atoms with Crippen LogP contribution in [-0.2, 0) is 17.2 Å². The number of aryl methyl sites for hydroxylation is 1. The van der Waals surface area contributed by atoms with Gasteiger partial charge in [-0.3, -0.25) is 4.21 Å². The molecule has 6 rings (SSSR count). The molecular formula is C23H25ClN6O2S. The maximum Gasteiger partial charge on any atom is 0.149 e. The molecule has 1 unspecified atom stereocenters. The second kappa shape index (κ2) is 7.62. The van der Waals surface area contributed by atoms with Crippen molar-refractivity contribution in [2.75, 3.05) is 35.7 Å². The number of nitrogens with one attached hydrogen (secondary N) is 1. The minimum Gasteiger partial charge on any atom is -0.394 e. The number of fused-ring (bicyclic) bond motifs is 1. The highest BCUT2D eigenvalue weighted by Gasteiger charge is 2.54. The average Bonchev–Trinajstić information content (AvgIpc) is 3.10. The Bertz CT molecular complexity index is 1170. The van der Waals surface area contributed by atoms with Gasteiger partial charge < -0.3 is 15.3 Å². The fraction of sp³-hybridized carbons (Fsp3) is 0.565. The Morgan fingerprint density at radius 1 is 1.30 bits per heavy atom. The second-order valence-corrected chi connectivity index (χ2v) is 12.0. The first-order valence-corrected chi connectivity index (χ1v) is 13.1. The fourth-order valence-corrected chi connectivity index (χ4v) is 7.30. The Kier molecular flexibility index (Phi) is 4.91. The first-order chi connectivity index (χ1) is 15.9. The molecule has 0 bridgehead atoms. The van der Waals surface area contributed by atoms with E-state index in [9.17, 15) is 14.6 Å².